The number of hydrogen-bond acceptors (Lipinski definition) is 4. The number of nitrogens with two attached hydrogens (primary N) is 1. The smallest absolute Gasteiger partial charge is 0.237 e. The van der Waals surface area contributed by atoms with E-state index in [1.165, 1.54) is 0 Å². The Labute approximate surface area is 118 Å². The van der Waals surface area contributed by atoms with Gasteiger partial charge in [-0.15, -0.1) is 0 Å². The van der Waals surface area contributed by atoms with Crippen LogP contribution in [0.5, 0.6) is 0 Å². The summed E-state index contributed by atoms with van der Waals surface area (Å²) in [5.41, 5.74) is 4.90. The first kappa shape index (κ1) is 18.4. The molecule has 0 rings (SSSR count). The summed E-state index contributed by atoms with van der Waals surface area (Å²) in [6, 6.07) is 0.318. The molecule has 0 aliphatic heterocycles. The molecule has 0 saturated carbocycles. The summed E-state index contributed by atoms with van der Waals surface area (Å²) in [6.45, 7) is 8.89. The molecule has 2 atom stereocenters. The molecule has 5 nitrogen and oxygen atoms in total. The van der Waals surface area contributed by atoms with Crippen molar-refractivity contribution in [1.29, 1.82) is 0 Å². The van der Waals surface area contributed by atoms with Gasteiger partial charge in [0.15, 0.2) is 0 Å². The van der Waals surface area contributed by atoms with E-state index in [1.54, 1.807) is 0 Å². The molecule has 0 heterocycles. The molecule has 19 heavy (non-hydrogen) atoms. The van der Waals surface area contributed by atoms with Crippen molar-refractivity contribution in [2.75, 3.05) is 40.8 Å². The van der Waals surface area contributed by atoms with Crippen LogP contribution in [0.3, 0.4) is 0 Å². The number of amides is 1. The Morgan fingerprint density at radius 1 is 1.32 bits per heavy atom. The summed E-state index contributed by atoms with van der Waals surface area (Å²) in [5.74, 6) is -0.275. The van der Waals surface area contributed by atoms with Gasteiger partial charge in [-0.25, -0.2) is 0 Å². The Hall–Kier alpha value is -0.650. The third kappa shape index (κ3) is 6.89. The number of nitrogens with one attached hydrogen (secondary N) is 1. The molecule has 5 heteroatoms. The van der Waals surface area contributed by atoms with Crippen molar-refractivity contribution in [2.45, 2.75) is 45.2 Å². The van der Waals surface area contributed by atoms with E-state index in [1.807, 2.05) is 13.8 Å². The van der Waals surface area contributed by atoms with Gasteiger partial charge in [0.1, 0.15) is 0 Å². The van der Waals surface area contributed by atoms with Crippen molar-refractivity contribution in [1.82, 2.24) is 15.1 Å². The number of primary amides is 1. The van der Waals surface area contributed by atoms with Gasteiger partial charge in [0, 0.05) is 6.04 Å². The van der Waals surface area contributed by atoms with Crippen LogP contribution in [0.2, 0.25) is 0 Å². The van der Waals surface area contributed by atoms with E-state index < -0.39 is 5.54 Å². The highest BCUT2D eigenvalue weighted by Gasteiger charge is 2.32. The molecule has 0 bridgehead atoms. The Morgan fingerprint density at radius 2 is 1.89 bits per heavy atom. The molecule has 0 spiro atoms. The molecule has 1 amide bonds. The minimum Gasteiger partial charge on any atom is -0.368 e. The largest absolute Gasteiger partial charge is 0.368 e. The molecule has 0 saturated heterocycles. The predicted octanol–water partition coefficient (Wildman–Crippen LogP) is 0.502. The van der Waals surface area contributed by atoms with Gasteiger partial charge >= 0.3 is 0 Å². The SMILES string of the molecule is CCNC(C)(CC(C)N(C)CCCN(C)C)C(N)=O. The number of carbonyl (C=O) groups excluding carboxylic acids is 1. The van der Waals surface area contributed by atoms with Crippen LogP contribution in [0.25, 0.3) is 0 Å². The van der Waals surface area contributed by atoms with Crippen LogP contribution in [0.15, 0.2) is 0 Å². The number of hydrogen-bond donors (Lipinski definition) is 2. The molecule has 0 aromatic carbocycles. The van der Waals surface area contributed by atoms with Crippen LogP contribution in [-0.4, -0.2) is 68.1 Å². The fraction of sp³-hybridized carbons (Fsp3) is 0.929. The van der Waals surface area contributed by atoms with Crippen LogP contribution < -0.4 is 11.1 Å². The van der Waals surface area contributed by atoms with E-state index in [2.05, 4.69) is 43.2 Å². The standard InChI is InChI=1S/C14H32N4O/c1-7-16-14(3,13(15)19)11-12(2)18(6)10-8-9-17(4)5/h12,16H,7-11H2,1-6H3,(H2,15,19). The van der Waals surface area contributed by atoms with E-state index in [9.17, 15) is 4.79 Å². The van der Waals surface area contributed by atoms with Crippen molar-refractivity contribution in [3.05, 3.63) is 0 Å². The highest BCUT2D eigenvalue weighted by Crippen LogP contribution is 2.15. The lowest BCUT2D eigenvalue weighted by Crippen LogP contribution is -2.56. The predicted molar refractivity (Wildman–Crippen MR) is 81.2 cm³/mol. The van der Waals surface area contributed by atoms with Crippen molar-refractivity contribution in [3.8, 4) is 0 Å². The Bertz CT molecular complexity index is 270. The van der Waals surface area contributed by atoms with E-state index in [0.717, 1.165) is 32.5 Å². The quantitative estimate of drug-likeness (QED) is 0.608. The summed E-state index contributed by atoms with van der Waals surface area (Å²) < 4.78 is 0. The Kier molecular flexibility index (Phi) is 8.22. The maximum atomic E-state index is 11.6. The minimum atomic E-state index is -0.621. The van der Waals surface area contributed by atoms with Crippen LogP contribution in [0.1, 0.15) is 33.6 Å². The normalized spacial score (nSPS) is 16.6. The third-order valence-electron chi connectivity index (χ3n) is 3.68. The zero-order valence-corrected chi connectivity index (χ0v) is 13.5. The topological polar surface area (TPSA) is 61.6 Å². The molecular weight excluding hydrogens is 240 g/mol. The Morgan fingerprint density at radius 3 is 2.32 bits per heavy atom. The lowest BCUT2D eigenvalue weighted by Gasteiger charge is -2.34. The second kappa shape index (κ2) is 8.51. The molecule has 0 fully saturated rings. The van der Waals surface area contributed by atoms with E-state index in [4.69, 9.17) is 5.73 Å². The van der Waals surface area contributed by atoms with Gasteiger partial charge in [-0.3, -0.25) is 4.79 Å². The van der Waals surface area contributed by atoms with Crippen LogP contribution >= 0.6 is 0 Å². The van der Waals surface area contributed by atoms with E-state index in [0.29, 0.717) is 6.04 Å². The van der Waals surface area contributed by atoms with Gasteiger partial charge in [-0.1, -0.05) is 6.92 Å². The van der Waals surface area contributed by atoms with Gasteiger partial charge in [-0.05, 0) is 67.5 Å². The molecule has 0 aliphatic carbocycles. The van der Waals surface area contributed by atoms with E-state index in [-0.39, 0.29) is 5.91 Å². The first-order valence-corrected chi connectivity index (χ1v) is 7.12. The monoisotopic (exact) mass is 272 g/mol. The minimum absolute atomic E-state index is 0.275. The van der Waals surface area contributed by atoms with Gasteiger partial charge in [0.25, 0.3) is 0 Å². The van der Waals surface area contributed by atoms with Crippen molar-refractivity contribution >= 4 is 5.91 Å². The van der Waals surface area contributed by atoms with Crippen molar-refractivity contribution in [2.24, 2.45) is 5.73 Å². The van der Waals surface area contributed by atoms with Crippen LogP contribution in [-0.2, 0) is 4.79 Å². The van der Waals surface area contributed by atoms with Gasteiger partial charge in [0.05, 0.1) is 5.54 Å². The first-order valence-electron chi connectivity index (χ1n) is 7.12. The average Bonchev–Trinajstić information content (AvgIpc) is 2.28. The maximum absolute atomic E-state index is 11.6. The molecule has 2 unspecified atom stereocenters. The second-order valence-corrected chi connectivity index (χ2v) is 5.92. The maximum Gasteiger partial charge on any atom is 0.237 e. The first-order chi connectivity index (χ1) is 8.73. The lowest BCUT2D eigenvalue weighted by atomic mass is 9.92. The fourth-order valence-electron chi connectivity index (χ4n) is 2.25. The van der Waals surface area contributed by atoms with Gasteiger partial charge in [0.2, 0.25) is 5.91 Å². The summed E-state index contributed by atoms with van der Waals surface area (Å²) in [5, 5.41) is 3.21. The zero-order valence-electron chi connectivity index (χ0n) is 13.5. The molecule has 0 aliphatic rings. The van der Waals surface area contributed by atoms with Crippen LogP contribution in [0.4, 0.5) is 0 Å². The Balaban J connectivity index is 4.31. The fourth-order valence-corrected chi connectivity index (χ4v) is 2.25. The van der Waals surface area contributed by atoms with E-state index >= 15 is 0 Å². The number of carbonyl (C=O) groups is 1. The average molecular weight is 272 g/mol. The summed E-state index contributed by atoms with van der Waals surface area (Å²) in [7, 11) is 6.27. The van der Waals surface area contributed by atoms with Gasteiger partial charge in [-0.2, -0.15) is 0 Å². The molecular formula is C14H32N4O. The van der Waals surface area contributed by atoms with Crippen LogP contribution in [0, 0.1) is 0 Å². The zero-order chi connectivity index (χ0) is 15.1. The lowest BCUT2D eigenvalue weighted by molar-refractivity contribution is -0.124. The number of nitrogens with zero attached hydrogens (tertiary/aromatic N) is 2. The number of rotatable bonds is 10. The van der Waals surface area contributed by atoms with Crippen molar-refractivity contribution < 1.29 is 4.79 Å². The molecule has 3 N–H and O–H groups in total. The summed E-state index contributed by atoms with van der Waals surface area (Å²) >= 11 is 0. The van der Waals surface area contributed by atoms with Gasteiger partial charge < -0.3 is 20.9 Å². The summed E-state index contributed by atoms with van der Waals surface area (Å²) in [6.07, 6.45) is 1.86. The van der Waals surface area contributed by atoms with Crippen molar-refractivity contribution in [3.63, 3.8) is 0 Å². The molecule has 0 aromatic heterocycles. The molecule has 0 aromatic rings. The third-order valence-corrected chi connectivity index (χ3v) is 3.68. The second-order valence-electron chi connectivity index (χ2n) is 5.92. The number of likely N-dealkylation sites (N-methyl/N-ethyl adjacent to an activating group) is 1. The highest BCUT2D eigenvalue weighted by molar-refractivity contribution is 5.84. The highest BCUT2D eigenvalue weighted by atomic mass is 16.1. The molecule has 114 valence electrons. The summed E-state index contributed by atoms with van der Waals surface area (Å²) in [4.78, 5) is 16.1. The molecule has 0 radical (unpaired) electrons.